The van der Waals surface area contributed by atoms with Gasteiger partial charge in [0.1, 0.15) is 5.75 Å². The molecule has 1 heterocycles. The molecule has 1 aromatic heterocycles. The second-order valence-electron chi connectivity index (χ2n) is 4.54. The molecule has 0 fully saturated rings. The van der Waals surface area contributed by atoms with E-state index in [9.17, 15) is 14.9 Å². The van der Waals surface area contributed by atoms with E-state index in [0.29, 0.717) is 11.5 Å². The Kier molecular flexibility index (Phi) is 6.26. The number of benzene rings is 1. The highest BCUT2D eigenvalue weighted by atomic mass is 32.1. The molecule has 0 bridgehead atoms. The van der Waals surface area contributed by atoms with E-state index in [2.05, 4.69) is 15.8 Å². The zero-order valence-electron chi connectivity index (χ0n) is 12.9. The second kappa shape index (κ2) is 8.63. The third kappa shape index (κ3) is 5.36. The summed E-state index contributed by atoms with van der Waals surface area (Å²) in [5.74, 6) is 0.438. The molecular formula is C15H16N4O4S. The number of hydrogen-bond donors (Lipinski definition) is 2. The molecule has 2 aromatic rings. The smallest absolute Gasteiger partial charge is 0.324 e. The summed E-state index contributed by atoms with van der Waals surface area (Å²) in [6, 6.07) is 10.2. The number of rotatable bonds is 8. The van der Waals surface area contributed by atoms with Crippen molar-refractivity contribution < 1.29 is 14.5 Å². The van der Waals surface area contributed by atoms with Gasteiger partial charge in [-0.1, -0.05) is 11.3 Å². The highest BCUT2D eigenvalue weighted by molar-refractivity contribution is 7.16. The topological polar surface area (TPSA) is 106 Å². The van der Waals surface area contributed by atoms with Crippen LogP contribution in [0.2, 0.25) is 0 Å². The first-order valence-corrected chi connectivity index (χ1v) is 7.93. The maximum Gasteiger partial charge on any atom is 0.324 e. The van der Waals surface area contributed by atoms with E-state index < -0.39 is 4.92 Å². The number of nitrogens with zero attached hydrogens (tertiary/aromatic N) is 2. The van der Waals surface area contributed by atoms with Crippen LogP contribution >= 0.6 is 11.3 Å². The summed E-state index contributed by atoms with van der Waals surface area (Å²) in [7, 11) is 0. The zero-order chi connectivity index (χ0) is 17.4. The van der Waals surface area contributed by atoms with Crippen LogP contribution in [0.5, 0.6) is 5.75 Å². The van der Waals surface area contributed by atoms with Crippen molar-refractivity contribution in [2.24, 2.45) is 5.10 Å². The predicted molar refractivity (Wildman–Crippen MR) is 92.8 cm³/mol. The van der Waals surface area contributed by atoms with Gasteiger partial charge < -0.3 is 10.1 Å². The number of amides is 1. The maximum absolute atomic E-state index is 11.7. The number of carbonyl (C=O) groups excluding carboxylic acids is 1. The first kappa shape index (κ1) is 17.4. The molecule has 9 heteroatoms. The monoisotopic (exact) mass is 348 g/mol. The summed E-state index contributed by atoms with van der Waals surface area (Å²) in [4.78, 5) is 22.3. The van der Waals surface area contributed by atoms with Crippen molar-refractivity contribution in [1.29, 1.82) is 0 Å². The number of ether oxygens (including phenoxy) is 1. The number of hydrazone groups is 1. The maximum atomic E-state index is 11.7. The Hall–Kier alpha value is -2.94. The summed E-state index contributed by atoms with van der Waals surface area (Å²) in [5, 5.41) is 17.3. The zero-order valence-corrected chi connectivity index (χ0v) is 13.7. The average Bonchev–Trinajstić information content (AvgIpc) is 3.04. The van der Waals surface area contributed by atoms with Crippen LogP contribution in [0.3, 0.4) is 0 Å². The lowest BCUT2D eigenvalue weighted by Gasteiger charge is -2.07. The molecule has 0 saturated carbocycles. The normalized spacial score (nSPS) is 10.5. The van der Waals surface area contributed by atoms with Gasteiger partial charge in [-0.05, 0) is 37.3 Å². The fraction of sp³-hybridized carbons (Fsp3) is 0.200. The molecule has 0 atom stereocenters. The summed E-state index contributed by atoms with van der Waals surface area (Å²) in [6.45, 7) is 2.56. The van der Waals surface area contributed by atoms with Gasteiger partial charge in [-0.2, -0.15) is 5.10 Å². The van der Waals surface area contributed by atoms with Crippen molar-refractivity contribution in [2.75, 3.05) is 18.5 Å². The minimum Gasteiger partial charge on any atom is -0.494 e. The van der Waals surface area contributed by atoms with Gasteiger partial charge in [-0.15, -0.1) is 0 Å². The minimum atomic E-state index is -0.471. The van der Waals surface area contributed by atoms with Crippen LogP contribution in [0, 0.1) is 10.1 Å². The summed E-state index contributed by atoms with van der Waals surface area (Å²) >= 11 is 0.981. The van der Waals surface area contributed by atoms with Gasteiger partial charge in [0.2, 0.25) is 0 Å². The number of nitro groups is 1. The van der Waals surface area contributed by atoms with Crippen LogP contribution in [0.4, 0.5) is 10.7 Å². The van der Waals surface area contributed by atoms with Crippen LogP contribution in [-0.2, 0) is 4.79 Å². The van der Waals surface area contributed by atoms with Gasteiger partial charge in [-0.3, -0.25) is 14.9 Å². The Labute approximate surface area is 142 Å². The number of hydrogen-bond acceptors (Lipinski definition) is 7. The van der Waals surface area contributed by atoms with Gasteiger partial charge in [0, 0.05) is 11.8 Å². The number of nitrogens with one attached hydrogen (secondary N) is 2. The number of anilines is 1. The molecule has 0 aliphatic heterocycles. The fourth-order valence-electron chi connectivity index (χ4n) is 1.74. The van der Waals surface area contributed by atoms with Crippen molar-refractivity contribution in [3.05, 3.63) is 51.4 Å². The van der Waals surface area contributed by atoms with Gasteiger partial charge in [0.15, 0.2) is 0 Å². The van der Waals surface area contributed by atoms with Crippen molar-refractivity contribution in [1.82, 2.24) is 5.43 Å². The Morgan fingerprint density at radius 3 is 2.71 bits per heavy atom. The van der Waals surface area contributed by atoms with Crippen molar-refractivity contribution >= 4 is 34.1 Å². The lowest BCUT2D eigenvalue weighted by molar-refractivity contribution is -0.380. The molecule has 8 nitrogen and oxygen atoms in total. The first-order valence-electron chi connectivity index (χ1n) is 7.11. The third-order valence-electron chi connectivity index (χ3n) is 2.79. The molecular weight excluding hydrogens is 332 g/mol. The van der Waals surface area contributed by atoms with Crippen LogP contribution in [-0.4, -0.2) is 30.2 Å². The van der Waals surface area contributed by atoms with Crippen molar-refractivity contribution in [3.8, 4) is 5.75 Å². The molecule has 0 unspecified atom stereocenters. The van der Waals surface area contributed by atoms with Gasteiger partial charge in [-0.25, -0.2) is 5.43 Å². The molecule has 0 spiro atoms. The van der Waals surface area contributed by atoms with E-state index in [0.717, 1.165) is 22.8 Å². The fourth-order valence-corrected chi connectivity index (χ4v) is 2.43. The number of carbonyl (C=O) groups is 1. The standard InChI is InChI=1S/C15H16N4O4S/c1-2-23-12-5-3-11(4-6-12)16-10-14(20)18-17-9-13-7-8-15(24-13)19(21)22/h3-9,16H,2,10H2,1H3,(H,18,20)/b17-9+. The molecule has 2 rings (SSSR count). The molecule has 0 aliphatic carbocycles. The SMILES string of the molecule is CCOc1ccc(NCC(=O)N/N=C/c2ccc([N+](=O)[O-])s2)cc1. The molecule has 0 radical (unpaired) electrons. The van der Waals surface area contributed by atoms with Gasteiger partial charge >= 0.3 is 5.00 Å². The van der Waals surface area contributed by atoms with E-state index in [4.69, 9.17) is 4.74 Å². The lowest BCUT2D eigenvalue weighted by Crippen LogP contribution is -2.25. The second-order valence-corrected chi connectivity index (χ2v) is 5.63. The molecule has 1 amide bonds. The van der Waals surface area contributed by atoms with E-state index in [1.54, 1.807) is 6.07 Å². The van der Waals surface area contributed by atoms with Crippen LogP contribution in [0.15, 0.2) is 41.5 Å². The average molecular weight is 348 g/mol. The Balaban J connectivity index is 1.76. The first-order chi connectivity index (χ1) is 11.6. The van der Waals surface area contributed by atoms with Gasteiger partial charge in [0.25, 0.3) is 5.91 Å². The van der Waals surface area contributed by atoms with E-state index >= 15 is 0 Å². The quantitative estimate of drug-likeness (QED) is 0.433. The molecule has 126 valence electrons. The predicted octanol–water partition coefficient (Wildman–Crippen LogP) is 2.62. The summed E-state index contributed by atoms with van der Waals surface area (Å²) in [5.41, 5.74) is 3.14. The van der Waals surface area contributed by atoms with Crippen LogP contribution < -0.4 is 15.5 Å². The van der Waals surface area contributed by atoms with Gasteiger partial charge in [0.05, 0.1) is 29.2 Å². The molecule has 24 heavy (non-hydrogen) atoms. The third-order valence-corrected chi connectivity index (χ3v) is 3.76. The van der Waals surface area contributed by atoms with Crippen molar-refractivity contribution in [3.63, 3.8) is 0 Å². The lowest BCUT2D eigenvalue weighted by atomic mass is 10.3. The number of thiophene rings is 1. The molecule has 0 aliphatic rings. The van der Waals surface area contributed by atoms with Crippen LogP contribution in [0.1, 0.15) is 11.8 Å². The van der Waals surface area contributed by atoms with Crippen molar-refractivity contribution in [2.45, 2.75) is 6.92 Å². The molecule has 0 saturated heterocycles. The Morgan fingerprint density at radius 1 is 1.33 bits per heavy atom. The largest absolute Gasteiger partial charge is 0.494 e. The summed E-state index contributed by atoms with van der Waals surface area (Å²) < 4.78 is 5.33. The Morgan fingerprint density at radius 2 is 2.08 bits per heavy atom. The molecule has 2 N–H and O–H groups in total. The van der Waals surface area contributed by atoms with E-state index in [1.165, 1.54) is 12.3 Å². The van der Waals surface area contributed by atoms with E-state index in [1.807, 2.05) is 31.2 Å². The minimum absolute atomic E-state index is 0.0277. The molecule has 1 aromatic carbocycles. The highest BCUT2D eigenvalue weighted by Gasteiger charge is 2.08. The Bertz CT molecular complexity index is 727. The summed E-state index contributed by atoms with van der Waals surface area (Å²) in [6.07, 6.45) is 1.37. The van der Waals surface area contributed by atoms with Crippen LogP contribution in [0.25, 0.3) is 0 Å². The van der Waals surface area contributed by atoms with E-state index in [-0.39, 0.29) is 17.5 Å². The highest BCUT2D eigenvalue weighted by Crippen LogP contribution is 2.22.